The maximum absolute atomic E-state index is 12.5. The molecule has 0 aromatic heterocycles. The predicted octanol–water partition coefficient (Wildman–Crippen LogP) is 1.43. The van der Waals surface area contributed by atoms with Crippen LogP contribution in [0, 0.1) is 10.1 Å². The van der Waals surface area contributed by atoms with E-state index in [9.17, 15) is 14.9 Å². The van der Waals surface area contributed by atoms with Crippen LogP contribution in [0.3, 0.4) is 0 Å². The molecule has 1 aliphatic rings. The van der Waals surface area contributed by atoms with Crippen molar-refractivity contribution >= 4 is 17.3 Å². The lowest BCUT2D eigenvalue weighted by Crippen LogP contribution is -2.48. The number of nitrogen functional groups attached to an aromatic ring is 1. The van der Waals surface area contributed by atoms with Gasteiger partial charge in [0.25, 0.3) is 11.6 Å². The van der Waals surface area contributed by atoms with Crippen molar-refractivity contribution in [3.63, 3.8) is 0 Å². The summed E-state index contributed by atoms with van der Waals surface area (Å²) in [6, 6.07) is 4.03. The lowest BCUT2D eigenvalue weighted by Gasteiger charge is -2.35. The third-order valence-electron chi connectivity index (χ3n) is 3.15. The lowest BCUT2D eigenvalue weighted by molar-refractivity contribution is -0.385. The fraction of sp³-hybridized carbons (Fsp3) is 0.462. The second-order valence-electron chi connectivity index (χ2n) is 5.00. The summed E-state index contributed by atoms with van der Waals surface area (Å²) in [7, 11) is 0. The van der Waals surface area contributed by atoms with E-state index >= 15 is 0 Å². The van der Waals surface area contributed by atoms with Crippen molar-refractivity contribution in [2.75, 3.05) is 18.8 Å². The predicted molar refractivity (Wildman–Crippen MR) is 73.4 cm³/mol. The Labute approximate surface area is 116 Å². The number of nitro groups is 1. The number of benzene rings is 1. The molecule has 0 radical (unpaired) electrons. The minimum Gasteiger partial charge on any atom is -0.399 e. The Kier molecular flexibility index (Phi) is 3.89. The van der Waals surface area contributed by atoms with Crippen LogP contribution in [0.15, 0.2) is 18.2 Å². The highest BCUT2D eigenvalue weighted by Gasteiger charge is 2.30. The number of hydrogen-bond acceptors (Lipinski definition) is 5. The van der Waals surface area contributed by atoms with Crippen LogP contribution in [0.25, 0.3) is 0 Å². The standard InChI is InChI=1S/C13H17N3O4/c1-8-6-15(7-9(2)20-8)13(17)11-5-10(14)3-4-12(11)16(18)19/h3-5,8-9H,6-7,14H2,1-2H3. The average Bonchev–Trinajstić information content (AvgIpc) is 2.36. The molecular formula is C13H17N3O4. The van der Waals surface area contributed by atoms with Crippen molar-refractivity contribution in [2.45, 2.75) is 26.1 Å². The number of carbonyl (C=O) groups is 1. The summed E-state index contributed by atoms with van der Waals surface area (Å²) in [4.78, 5) is 24.5. The molecule has 7 heteroatoms. The Morgan fingerprint density at radius 1 is 1.40 bits per heavy atom. The van der Waals surface area contributed by atoms with Gasteiger partial charge in [-0.25, -0.2) is 0 Å². The zero-order chi connectivity index (χ0) is 14.9. The summed E-state index contributed by atoms with van der Waals surface area (Å²) < 4.78 is 5.55. The summed E-state index contributed by atoms with van der Waals surface area (Å²) in [5.74, 6) is -0.383. The Hall–Kier alpha value is -2.15. The Balaban J connectivity index is 2.33. The number of morpholine rings is 1. The van der Waals surface area contributed by atoms with Gasteiger partial charge < -0.3 is 15.4 Å². The molecule has 1 amide bonds. The van der Waals surface area contributed by atoms with Gasteiger partial charge in [0.15, 0.2) is 0 Å². The molecule has 20 heavy (non-hydrogen) atoms. The Morgan fingerprint density at radius 3 is 2.55 bits per heavy atom. The first-order chi connectivity index (χ1) is 9.38. The fourth-order valence-electron chi connectivity index (χ4n) is 2.40. The van der Waals surface area contributed by atoms with E-state index in [2.05, 4.69) is 0 Å². The molecular weight excluding hydrogens is 262 g/mol. The molecule has 2 atom stereocenters. The summed E-state index contributed by atoms with van der Waals surface area (Å²) in [5.41, 5.74) is 5.76. The molecule has 0 bridgehead atoms. The van der Waals surface area contributed by atoms with Crippen LogP contribution in [-0.4, -0.2) is 41.0 Å². The van der Waals surface area contributed by atoms with Gasteiger partial charge >= 0.3 is 0 Å². The third kappa shape index (κ3) is 2.88. The van der Waals surface area contributed by atoms with E-state index in [4.69, 9.17) is 10.5 Å². The topological polar surface area (TPSA) is 98.7 Å². The molecule has 1 fully saturated rings. The molecule has 1 aromatic carbocycles. The number of amides is 1. The first kappa shape index (κ1) is 14.3. The zero-order valence-electron chi connectivity index (χ0n) is 11.4. The minimum absolute atomic E-state index is 0.0244. The quantitative estimate of drug-likeness (QED) is 0.501. The summed E-state index contributed by atoms with van der Waals surface area (Å²) in [5, 5.41) is 11.0. The van der Waals surface area contributed by atoms with E-state index in [1.807, 2.05) is 13.8 Å². The normalized spacial score (nSPS) is 22.6. The molecule has 1 aromatic rings. The molecule has 0 saturated carbocycles. The first-order valence-corrected chi connectivity index (χ1v) is 6.37. The summed E-state index contributed by atoms with van der Waals surface area (Å²) >= 11 is 0. The molecule has 1 heterocycles. The van der Waals surface area contributed by atoms with Crippen molar-refractivity contribution < 1.29 is 14.5 Å². The van der Waals surface area contributed by atoms with Crippen LogP contribution < -0.4 is 5.73 Å². The van der Waals surface area contributed by atoms with Gasteiger partial charge in [0, 0.05) is 24.8 Å². The third-order valence-corrected chi connectivity index (χ3v) is 3.15. The van der Waals surface area contributed by atoms with Crippen molar-refractivity contribution in [2.24, 2.45) is 0 Å². The molecule has 1 saturated heterocycles. The van der Waals surface area contributed by atoms with E-state index in [-0.39, 0.29) is 29.4 Å². The maximum Gasteiger partial charge on any atom is 0.282 e. The smallest absolute Gasteiger partial charge is 0.282 e. The number of hydrogen-bond donors (Lipinski definition) is 1. The number of rotatable bonds is 2. The van der Waals surface area contributed by atoms with Gasteiger partial charge in [-0.2, -0.15) is 0 Å². The number of carbonyl (C=O) groups excluding carboxylic acids is 1. The SMILES string of the molecule is CC1CN(C(=O)c2cc(N)ccc2[N+](=O)[O-])CC(C)O1. The molecule has 2 unspecified atom stereocenters. The number of nitrogens with two attached hydrogens (primary N) is 1. The number of nitro benzene ring substituents is 1. The Bertz CT molecular complexity index is 536. The van der Waals surface area contributed by atoms with E-state index in [1.165, 1.54) is 18.2 Å². The van der Waals surface area contributed by atoms with Crippen LogP contribution in [0.5, 0.6) is 0 Å². The molecule has 0 spiro atoms. The van der Waals surface area contributed by atoms with Crippen molar-refractivity contribution in [3.8, 4) is 0 Å². The van der Waals surface area contributed by atoms with Crippen LogP contribution in [0.2, 0.25) is 0 Å². The van der Waals surface area contributed by atoms with Gasteiger partial charge in [0.1, 0.15) is 5.56 Å². The maximum atomic E-state index is 12.5. The second kappa shape index (κ2) is 5.46. The minimum atomic E-state index is -0.569. The molecule has 7 nitrogen and oxygen atoms in total. The van der Waals surface area contributed by atoms with Crippen LogP contribution in [0.1, 0.15) is 24.2 Å². The highest BCUT2D eigenvalue weighted by Crippen LogP contribution is 2.24. The van der Waals surface area contributed by atoms with Gasteiger partial charge in [-0.05, 0) is 26.0 Å². The Morgan fingerprint density at radius 2 is 2.00 bits per heavy atom. The van der Waals surface area contributed by atoms with Gasteiger partial charge in [-0.1, -0.05) is 0 Å². The van der Waals surface area contributed by atoms with E-state index in [0.717, 1.165) is 0 Å². The van der Waals surface area contributed by atoms with Crippen LogP contribution in [-0.2, 0) is 4.74 Å². The van der Waals surface area contributed by atoms with Gasteiger partial charge in [0.05, 0.1) is 17.1 Å². The average molecular weight is 279 g/mol. The monoisotopic (exact) mass is 279 g/mol. The molecule has 2 N–H and O–H groups in total. The van der Waals surface area contributed by atoms with Crippen LogP contribution >= 0.6 is 0 Å². The van der Waals surface area contributed by atoms with Gasteiger partial charge in [-0.15, -0.1) is 0 Å². The van der Waals surface area contributed by atoms with Gasteiger partial charge in [-0.3, -0.25) is 14.9 Å². The summed E-state index contributed by atoms with van der Waals surface area (Å²) in [6.07, 6.45) is -0.189. The number of nitrogens with zero attached hydrogens (tertiary/aromatic N) is 2. The van der Waals surface area contributed by atoms with E-state index in [0.29, 0.717) is 18.8 Å². The number of ether oxygens (including phenoxy) is 1. The van der Waals surface area contributed by atoms with E-state index in [1.54, 1.807) is 4.90 Å². The zero-order valence-corrected chi connectivity index (χ0v) is 11.4. The van der Waals surface area contributed by atoms with Gasteiger partial charge in [0.2, 0.25) is 0 Å². The van der Waals surface area contributed by atoms with Crippen LogP contribution in [0.4, 0.5) is 11.4 Å². The lowest BCUT2D eigenvalue weighted by atomic mass is 10.1. The molecule has 1 aliphatic heterocycles. The molecule has 0 aliphatic carbocycles. The summed E-state index contributed by atoms with van der Waals surface area (Å²) in [6.45, 7) is 4.55. The van der Waals surface area contributed by atoms with E-state index < -0.39 is 4.92 Å². The second-order valence-corrected chi connectivity index (χ2v) is 5.00. The number of anilines is 1. The molecule has 108 valence electrons. The van der Waals surface area contributed by atoms with Crippen molar-refractivity contribution in [1.29, 1.82) is 0 Å². The van der Waals surface area contributed by atoms with Crippen molar-refractivity contribution in [1.82, 2.24) is 4.90 Å². The largest absolute Gasteiger partial charge is 0.399 e. The fourth-order valence-corrected chi connectivity index (χ4v) is 2.40. The molecule has 2 rings (SSSR count). The highest BCUT2D eigenvalue weighted by atomic mass is 16.6. The first-order valence-electron chi connectivity index (χ1n) is 6.37. The highest BCUT2D eigenvalue weighted by molar-refractivity contribution is 5.99. The van der Waals surface area contributed by atoms with Crippen molar-refractivity contribution in [3.05, 3.63) is 33.9 Å².